The monoisotopic (exact) mass is 832 g/mol. The van der Waals surface area contributed by atoms with Crippen molar-refractivity contribution in [2.24, 2.45) is 11.3 Å². The highest BCUT2D eigenvalue weighted by molar-refractivity contribution is 7.85. The zero-order valence-corrected chi connectivity index (χ0v) is 35.9. The summed E-state index contributed by atoms with van der Waals surface area (Å²) < 4.78 is 52.2. The molecule has 58 heavy (non-hydrogen) atoms. The molecule has 2 aliphatic carbocycles. The van der Waals surface area contributed by atoms with Crippen molar-refractivity contribution in [2.75, 3.05) is 13.7 Å². The van der Waals surface area contributed by atoms with Crippen LogP contribution in [-0.4, -0.2) is 95.5 Å². The Bertz CT molecular complexity index is 2070. The van der Waals surface area contributed by atoms with Gasteiger partial charge in [0.15, 0.2) is 0 Å². The van der Waals surface area contributed by atoms with Gasteiger partial charge in [-0.2, -0.15) is 13.5 Å². The first-order chi connectivity index (χ1) is 26.9. The number of rotatable bonds is 15. The lowest BCUT2D eigenvalue weighted by molar-refractivity contribution is -0.143. The lowest BCUT2D eigenvalue weighted by Crippen LogP contribution is -2.60. The molecule has 2 saturated carbocycles. The predicted octanol–water partition coefficient (Wildman–Crippen LogP) is 5.59. The predicted molar refractivity (Wildman–Crippen MR) is 222 cm³/mol. The smallest absolute Gasteiger partial charge is 0.408 e. The van der Waals surface area contributed by atoms with Crippen LogP contribution in [-0.2, 0) is 38.3 Å². The second-order valence-electron chi connectivity index (χ2n) is 17.7. The van der Waals surface area contributed by atoms with E-state index in [4.69, 9.17) is 18.4 Å². The first kappa shape index (κ1) is 44.2. The lowest BCUT2D eigenvalue weighted by atomic mass is 9.85. The van der Waals surface area contributed by atoms with E-state index in [1.165, 1.54) is 4.90 Å². The Morgan fingerprint density at radius 3 is 2.36 bits per heavy atom. The first-order valence-corrected chi connectivity index (χ1v) is 20.9. The summed E-state index contributed by atoms with van der Waals surface area (Å²) in [5.41, 5.74) is -2.15. The molecule has 3 aliphatic rings. The standard InChI is InChI=1S/C41H58N6O10S.3H2/c1-12-27-23-41(27,36(50)45-58(52,53)57-40(10)16-17-40)44-34(48)31-22-29(24-46(31)35(49)33(38(4,5)6)43-37(51)56-39(7,8)9)55-32(21-26(3)47-19-13-18-42-47)30-15-14-28(54-11)20-25(30)2;;;/h13-15,18-21,27,29,31,33H,3,12,16-17,22-24H2,1-2,4-11H3,(H,43,51)(H,44,48)(H,45,50);3*1H/b32-21+;;;/t27-,29-,31+,33-,41-;;;/m1.../s1. The van der Waals surface area contributed by atoms with E-state index in [-0.39, 0.29) is 29.6 Å². The number of carbonyl (C=O) groups excluding carboxylic acids is 4. The van der Waals surface area contributed by atoms with Crippen LogP contribution >= 0.6 is 0 Å². The van der Waals surface area contributed by atoms with Crippen molar-refractivity contribution in [3.05, 3.63) is 60.4 Å². The molecular weight excluding hydrogens is 769 g/mol. The number of methoxy groups -OCH3 is 1. The average Bonchev–Trinajstić information content (AvgIpc) is 3.82. The van der Waals surface area contributed by atoms with Crippen LogP contribution < -0.4 is 20.1 Å². The molecule has 324 valence electrons. The van der Waals surface area contributed by atoms with Gasteiger partial charge >= 0.3 is 16.4 Å². The molecule has 1 aromatic carbocycles. The molecule has 2 heterocycles. The fourth-order valence-corrected chi connectivity index (χ4v) is 8.18. The highest BCUT2D eigenvalue weighted by Crippen LogP contribution is 2.47. The number of hydrogen-bond donors (Lipinski definition) is 3. The molecule has 17 heteroatoms. The Morgan fingerprint density at radius 1 is 1.14 bits per heavy atom. The molecule has 0 unspecified atom stereocenters. The summed E-state index contributed by atoms with van der Waals surface area (Å²) in [5.74, 6) is -1.54. The van der Waals surface area contributed by atoms with Crippen LogP contribution in [0.5, 0.6) is 5.75 Å². The van der Waals surface area contributed by atoms with Crippen LogP contribution in [0, 0.1) is 18.3 Å². The Labute approximate surface area is 345 Å². The molecule has 4 amide bonds. The number of ether oxygens (including phenoxy) is 3. The van der Waals surface area contributed by atoms with Gasteiger partial charge in [-0.1, -0.05) is 40.7 Å². The van der Waals surface area contributed by atoms with E-state index >= 15 is 0 Å². The number of nitrogens with one attached hydrogen (secondary N) is 3. The van der Waals surface area contributed by atoms with Crippen molar-refractivity contribution in [1.82, 2.24) is 30.0 Å². The maximum Gasteiger partial charge on any atom is 0.408 e. The number of amides is 4. The van der Waals surface area contributed by atoms with Crippen LogP contribution in [0.15, 0.2) is 49.3 Å². The minimum atomic E-state index is -4.48. The first-order valence-electron chi connectivity index (χ1n) is 19.5. The Morgan fingerprint density at radius 2 is 1.83 bits per heavy atom. The van der Waals surface area contributed by atoms with Gasteiger partial charge in [-0.3, -0.25) is 14.4 Å². The van der Waals surface area contributed by atoms with Crippen molar-refractivity contribution >= 4 is 45.6 Å². The third-order valence-electron chi connectivity index (χ3n) is 10.5. The van der Waals surface area contributed by atoms with Gasteiger partial charge < -0.3 is 29.7 Å². The van der Waals surface area contributed by atoms with Crippen LogP contribution in [0.4, 0.5) is 4.79 Å². The number of aryl methyl sites for hydroxylation is 1. The molecule has 1 saturated heterocycles. The van der Waals surface area contributed by atoms with Crippen LogP contribution in [0.1, 0.15) is 103 Å². The summed E-state index contributed by atoms with van der Waals surface area (Å²) in [6, 6.07) is 4.87. The summed E-state index contributed by atoms with van der Waals surface area (Å²) in [4.78, 5) is 57.4. The minimum absolute atomic E-state index is 0. The van der Waals surface area contributed by atoms with Gasteiger partial charge in [0.1, 0.15) is 40.8 Å². The molecule has 1 aliphatic heterocycles. The van der Waals surface area contributed by atoms with E-state index in [0.717, 1.165) is 5.56 Å². The summed E-state index contributed by atoms with van der Waals surface area (Å²) in [5, 5.41) is 9.84. The summed E-state index contributed by atoms with van der Waals surface area (Å²) in [7, 11) is -2.91. The van der Waals surface area contributed by atoms with Crippen molar-refractivity contribution in [2.45, 2.75) is 129 Å². The molecule has 0 radical (unpaired) electrons. The van der Waals surface area contributed by atoms with Crippen LogP contribution in [0.3, 0.4) is 0 Å². The summed E-state index contributed by atoms with van der Waals surface area (Å²) in [6.45, 7) is 19.9. The number of carbonyl (C=O) groups is 4. The number of nitrogens with zero attached hydrogens (tertiary/aromatic N) is 3. The van der Waals surface area contributed by atoms with Gasteiger partial charge in [-0.15, -0.1) is 0 Å². The topological polar surface area (TPSA) is 196 Å². The van der Waals surface area contributed by atoms with Gasteiger partial charge in [0, 0.05) is 34.7 Å². The quantitative estimate of drug-likeness (QED) is 0.150. The normalized spacial score (nSPS) is 23.3. The van der Waals surface area contributed by atoms with E-state index in [1.54, 1.807) is 90.9 Å². The molecule has 0 bridgehead atoms. The highest BCUT2D eigenvalue weighted by atomic mass is 32.2. The van der Waals surface area contributed by atoms with Gasteiger partial charge in [0.25, 0.3) is 5.91 Å². The van der Waals surface area contributed by atoms with Crippen LogP contribution in [0.2, 0.25) is 0 Å². The zero-order valence-electron chi connectivity index (χ0n) is 35.1. The average molecular weight is 833 g/mol. The van der Waals surface area contributed by atoms with E-state index < -0.39 is 74.5 Å². The van der Waals surface area contributed by atoms with Gasteiger partial charge in [-0.05, 0) is 95.0 Å². The molecule has 3 fully saturated rings. The second kappa shape index (κ2) is 16.4. The molecule has 5 rings (SSSR count). The molecule has 0 spiro atoms. The van der Waals surface area contributed by atoms with Crippen molar-refractivity contribution < 1.29 is 50.3 Å². The zero-order chi connectivity index (χ0) is 43.0. The highest BCUT2D eigenvalue weighted by Gasteiger charge is 2.62. The minimum Gasteiger partial charge on any atom is -0.497 e. The van der Waals surface area contributed by atoms with Gasteiger partial charge in [0.05, 0.1) is 25.0 Å². The summed E-state index contributed by atoms with van der Waals surface area (Å²) >= 11 is 0. The molecule has 16 nitrogen and oxygen atoms in total. The Hall–Kier alpha value is -4.90. The van der Waals surface area contributed by atoms with E-state index in [1.807, 2.05) is 30.7 Å². The number of allylic oxidation sites excluding steroid dienone is 2. The number of benzene rings is 1. The largest absolute Gasteiger partial charge is 0.497 e. The molecule has 5 atom stereocenters. The van der Waals surface area contributed by atoms with Crippen molar-refractivity contribution in [3.8, 4) is 5.75 Å². The number of hydrogen-bond acceptors (Lipinski definition) is 11. The molecule has 3 N–H and O–H groups in total. The van der Waals surface area contributed by atoms with E-state index in [2.05, 4.69) is 22.3 Å². The maximum absolute atomic E-state index is 14.7. The van der Waals surface area contributed by atoms with Gasteiger partial charge in [0.2, 0.25) is 11.8 Å². The third kappa shape index (κ3) is 10.6. The molecular formula is C41H64N6O10S. The fourth-order valence-electron chi connectivity index (χ4n) is 7.03. The fraction of sp³-hybridized carbons (Fsp3) is 0.585. The van der Waals surface area contributed by atoms with Crippen molar-refractivity contribution in [3.63, 3.8) is 0 Å². The van der Waals surface area contributed by atoms with E-state index in [0.29, 0.717) is 42.0 Å². The maximum atomic E-state index is 14.7. The van der Waals surface area contributed by atoms with Crippen LogP contribution in [0.25, 0.3) is 11.5 Å². The Balaban J connectivity index is 0.00000427. The molecule has 2 aromatic rings. The van der Waals surface area contributed by atoms with Gasteiger partial charge in [-0.25, -0.2) is 18.4 Å². The van der Waals surface area contributed by atoms with E-state index in [9.17, 15) is 27.6 Å². The number of likely N-dealkylation sites (tertiary alicyclic amines) is 1. The lowest BCUT2D eigenvalue weighted by Gasteiger charge is -2.36. The number of alkyl carbamates (subject to hydrolysis) is 1. The SMILES string of the molecule is C=C(/C=C(/O[C@@H]1C[C@@H](C(=O)N[C@]2(C(=O)NS(=O)(=O)OC3(C)CC3)C[C@H]2CC)N(C(=O)[C@@H](NC(=O)OC(C)(C)C)C(C)(C)C)C1)c1ccc(OC)cc1C)n1cccn1.[HH].[HH].[HH]. The molecule has 1 aromatic heterocycles. The summed E-state index contributed by atoms with van der Waals surface area (Å²) in [6.07, 6.45) is 5.15. The van der Waals surface area contributed by atoms with Crippen molar-refractivity contribution in [1.29, 1.82) is 0 Å². The number of aromatic nitrogens is 2. The second-order valence-corrected chi connectivity index (χ2v) is 19.0. The Kier molecular flexibility index (Phi) is 12.5. The third-order valence-corrected chi connectivity index (χ3v) is 11.6.